The molecule has 1 aromatic carbocycles. The summed E-state index contributed by atoms with van der Waals surface area (Å²) in [7, 11) is 0. The number of carbonyl (C=O) groups excluding carboxylic acids is 2. The van der Waals surface area contributed by atoms with Gasteiger partial charge in [0.05, 0.1) is 12.6 Å². The standard InChI is InChI=1S/C16H24N2O3/c1-10-8-12(6-7-13(10)11(2)20)17-15(21)18-14(9-19)16(3,4)5/h6-8,14,19H,9H2,1-5H3,(H2,17,18,21)/t14-/m1/s1. The van der Waals surface area contributed by atoms with Crippen LogP contribution in [0.2, 0.25) is 0 Å². The molecule has 1 atom stereocenters. The topological polar surface area (TPSA) is 78.4 Å². The molecule has 0 aliphatic rings. The molecule has 0 fully saturated rings. The maximum Gasteiger partial charge on any atom is 0.319 e. The number of rotatable bonds is 4. The highest BCUT2D eigenvalue weighted by Crippen LogP contribution is 2.19. The highest BCUT2D eigenvalue weighted by molar-refractivity contribution is 5.96. The largest absolute Gasteiger partial charge is 0.394 e. The van der Waals surface area contributed by atoms with Gasteiger partial charge in [0, 0.05) is 11.3 Å². The van der Waals surface area contributed by atoms with Gasteiger partial charge in [-0.25, -0.2) is 4.79 Å². The molecule has 0 aliphatic carbocycles. The molecule has 1 aromatic rings. The van der Waals surface area contributed by atoms with Gasteiger partial charge in [-0.05, 0) is 43.0 Å². The Morgan fingerprint density at radius 2 is 1.90 bits per heavy atom. The second-order valence-corrected chi connectivity index (χ2v) is 6.29. The molecule has 2 amide bonds. The first-order valence-corrected chi connectivity index (χ1v) is 6.95. The van der Waals surface area contributed by atoms with Crippen LogP contribution >= 0.6 is 0 Å². The third-order valence-electron chi connectivity index (χ3n) is 3.40. The van der Waals surface area contributed by atoms with E-state index in [1.807, 2.05) is 27.7 Å². The molecule has 0 heterocycles. The normalized spacial score (nSPS) is 12.7. The van der Waals surface area contributed by atoms with Crippen LogP contribution in [-0.4, -0.2) is 29.6 Å². The predicted molar refractivity (Wildman–Crippen MR) is 83.7 cm³/mol. The Balaban J connectivity index is 2.75. The molecule has 21 heavy (non-hydrogen) atoms. The average Bonchev–Trinajstić information content (AvgIpc) is 2.34. The minimum atomic E-state index is -0.376. The van der Waals surface area contributed by atoms with Gasteiger partial charge in [-0.3, -0.25) is 4.79 Å². The van der Waals surface area contributed by atoms with Crippen LogP contribution in [0.5, 0.6) is 0 Å². The van der Waals surface area contributed by atoms with Crippen molar-refractivity contribution < 1.29 is 14.7 Å². The number of anilines is 1. The number of carbonyl (C=O) groups is 2. The maximum absolute atomic E-state index is 12.0. The number of hydrogen-bond acceptors (Lipinski definition) is 3. The summed E-state index contributed by atoms with van der Waals surface area (Å²) in [6, 6.07) is 4.42. The van der Waals surface area contributed by atoms with Gasteiger partial charge < -0.3 is 15.7 Å². The lowest BCUT2D eigenvalue weighted by Crippen LogP contribution is -2.47. The van der Waals surface area contributed by atoms with Crippen molar-refractivity contribution in [2.24, 2.45) is 5.41 Å². The number of hydrogen-bond donors (Lipinski definition) is 3. The first-order chi connectivity index (χ1) is 9.65. The summed E-state index contributed by atoms with van der Waals surface area (Å²) < 4.78 is 0. The van der Waals surface area contributed by atoms with E-state index < -0.39 is 0 Å². The van der Waals surface area contributed by atoms with Crippen molar-refractivity contribution in [2.75, 3.05) is 11.9 Å². The fourth-order valence-corrected chi connectivity index (χ4v) is 2.00. The Morgan fingerprint density at radius 1 is 1.29 bits per heavy atom. The molecule has 0 radical (unpaired) electrons. The summed E-state index contributed by atoms with van der Waals surface area (Å²) in [6.45, 7) is 9.04. The van der Waals surface area contributed by atoms with Crippen molar-refractivity contribution in [2.45, 2.75) is 40.7 Å². The van der Waals surface area contributed by atoms with Gasteiger partial charge in [0.1, 0.15) is 0 Å². The molecule has 0 aromatic heterocycles. The summed E-state index contributed by atoms with van der Waals surface area (Å²) in [6.07, 6.45) is 0. The van der Waals surface area contributed by atoms with Crippen molar-refractivity contribution in [3.05, 3.63) is 29.3 Å². The third-order valence-corrected chi connectivity index (χ3v) is 3.40. The lowest BCUT2D eigenvalue weighted by Gasteiger charge is -2.29. The van der Waals surface area contributed by atoms with E-state index in [0.29, 0.717) is 11.3 Å². The molecule has 0 unspecified atom stereocenters. The molecule has 0 spiro atoms. The van der Waals surface area contributed by atoms with Crippen LogP contribution in [0.25, 0.3) is 0 Å². The minimum absolute atomic E-state index is 0.00317. The summed E-state index contributed by atoms with van der Waals surface area (Å²) in [5, 5.41) is 14.8. The first-order valence-electron chi connectivity index (χ1n) is 6.95. The first kappa shape index (κ1) is 17.2. The molecule has 5 nitrogen and oxygen atoms in total. The fourth-order valence-electron chi connectivity index (χ4n) is 2.00. The van der Waals surface area contributed by atoms with E-state index >= 15 is 0 Å². The quantitative estimate of drug-likeness (QED) is 0.747. The zero-order chi connectivity index (χ0) is 16.2. The summed E-state index contributed by atoms with van der Waals surface area (Å²) in [5.74, 6) is -0.00317. The monoisotopic (exact) mass is 292 g/mol. The Hall–Kier alpha value is -1.88. The molecule has 0 saturated heterocycles. The van der Waals surface area contributed by atoms with Crippen LogP contribution in [0.4, 0.5) is 10.5 Å². The Bertz CT molecular complexity index is 533. The maximum atomic E-state index is 12.0. The molecular formula is C16H24N2O3. The number of ketones is 1. The van der Waals surface area contributed by atoms with E-state index in [0.717, 1.165) is 5.56 Å². The Kier molecular flexibility index (Phi) is 5.49. The fraction of sp³-hybridized carbons (Fsp3) is 0.500. The number of amides is 2. The molecule has 3 N–H and O–H groups in total. The van der Waals surface area contributed by atoms with Crippen molar-refractivity contribution in [3.63, 3.8) is 0 Å². The number of urea groups is 1. The summed E-state index contributed by atoms with van der Waals surface area (Å²) in [4.78, 5) is 23.3. The van der Waals surface area contributed by atoms with E-state index in [-0.39, 0.29) is 29.9 Å². The van der Waals surface area contributed by atoms with Gasteiger partial charge in [-0.1, -0.05) is 20.8 Å². The summed E-state index contributed by atoms with van der Waals surface area (Å²) >= 11 is 0. The van der Waals surface area contributed by atoms with Crippen molar-refractivity contribution in [3.8, 4) is 0 Å². The zero-order valence-corrected chi connectivity index (χ0v) is 13.3. The van der Waals surface area contributed by atoms with Crippen LogP contribution in [0, 0.1) is 12.3 Å². The Labute approximate surface area is 125 Å². The van der Waals surface area contributed by atoms with E-state index in [4.69, 9.17) is 0 Å². The van der Waals surface area contributed by atoms with E-state index in [9.17, 15) is 14.7 Å². The number of aryl methyl sites for hydroxylation is 1. The van der Waals surface area contributed by atoms with E-state index in [1.165, 1.54) is 6.92 Å². The van der Waals surface area contributed by atoms with Crippen LogP contribution in [0.1, 0.15) is 43.6 Å². The SMILES string of the molecule is CC(=O)c1ccc(NC(=O)N[C@H](CO)C(C)(C)C)cc1C. The van der Waals surface area contributed by atoms with E-state index in [1.54, 1.807) is 18.2 Å². The second-order valence-electron chi connectivity index (χ2n) is 6.29. The zero-order valence-electron chi connectivity index (χ0n) is 13.3. The highest BCUT2D eigenvalue weighted by Gasteiger charge is 2.25. The molecule has 0 aliphatic heterocycles. The van der Waals surface area contributed by atoms with Gasteiger partial charge in [-0.2, -0.15) is 0 Å². The van der Waals surface area contributed by atoms with Crippen molar-refractivity contribution in [1.82, 2.24) is 5.32 Å². The molecule has 0 saturated carbocycles. The number of aliphatic hydroxyl groups is 1. The molecule has 5 heteroatoms. The number of aliphatic hydroxyl groups excluding tert-OH is 1. The smallest absolute Gasteiger partial charge is 0.319 e. The second kappa shape index (κ2) is 6.72. The van der Waals surface area contributed by atoms with Crippen LogP contribution < -0.4 is 10.6 Å². The third kappa shape index (κ3) is 4.86. The lowest BCUT2D eigenvalue weighted by molar-refractivity contribution is 0.101. The van der Waals surface area contributed by atoms with Gasteiger partial charge in [-0.15, -0.1) is 0 Å². The predicted octanol–water partition coefficient (Wildman–Crippen LogP) is 2.73. The highest BCUT2D eigenvalue weighted by atomic mass is 16.3. The van der Waals surface area contributed by atoms with Crippen molar-refractivity contribution >= 4 is 17.5 Å². The van der Waals surface area contributed by atoms with Gasteiger partial charge in [0.25, 0.3) is 0 Å². The summed E-state index contributed by atoms with van der Waals surface area (Å²) in [5.41, 5.74) is 1.83. The van der Waals surface area contributed by atoms with Crippen LogP contribution in [0.3, 0.4) is 0 Å². The van der Waals surface area contributed by atoms with Gasteiger partial charge in [0.15, 0.2) is 5.78 Å². The minimum Gasteiger partial charge on any atom is -0.394 e. The molecule has 116 valence electrons. The van der Waals surface area contributed by atoms with Crippen LogP contribution in [-0.2, 0) is 0 Å². The molecule has 0 bridgehead atoms. The Morgan fingerprint density at radius 3 is 2.33 bits per heavy atom. The molecular weight excluding hydrogens is 268 g/mol. The van der Waals surface area contributed by atoms with Gasteiger partial charge in [0.2, 0.25) is 0 Å². The van der Waals surface area contributed by atoms with E-state index in [2.05, 4.69) is 10.6 Å². The number of Topliss-reactive ketones (excluding diaryl/α,β-unsaturated/α-hetero) is 1. The van der Waals surface area contributed by atoms with Crippen LogP contribution in [0.15, 0.2) is 18.2 Å². The average molecular weight is 292 g/mol. The lowest BCUT2D eigenvalue weighted by atomic mass is 9.87. The van der Waals surface area contributed by atoms with Gasteiger partial charge >= 0.3 is 6.03 Å². The molecule has 1 rings (SSSR count). The van der Waals surface area contributed by atoms with Crippen molar-refractivity contribution in [1.29, 1.82) is 0 Å². The number of benzene rings is 1. The number of nitrogens with one attached hydrogen (secondary N) is 2.